The molecule has 0 fully saturated rings. The van der Waals surface area contributed by atoms with Crippen molar-refractivity contribution in [3.8, 4) is 11.4 Å². The van der Waals surface area contributed by atoms with E-state index in [1.807, 2.05) is 73.3 Å². The number of carbonyl (C=O) groups is 1. The quantitative estimate of drug-likeness (QED) is 0.470. The van der Waals surface area contributed by atoms with E-state index in [-0.39, 0.29) is 12.1 Å². The van der Waals surface area contributed by atoms with Crippen LogP contribution in [0, 0.1) is 0 Å². The average Bonchev–Trinajstić information content (AvgIpc) is 3.54. The molecule has 9 heteroatoms. The SMILES string of the molecule is COc1ccccc1C(NC(=O)N(C)C(C)c1ccc(-n2cncn2)cc1)c1nccn1C. The maximum Gasteiger partial charge on any atom is 0.318 e. The number of ether oxygens (including phenoxy) is 1. The van der Waals surface area contributed by atoms with Crippen LogP contribution < -0.4 is 10.1 Å². The largest absolute Gasteiger partial charge is 0.496 e. The molecule has 2 aromatic carbocycles. The fourth-order valence-corrected chi connectivity index (χ4v) is 3.71. The number of benzene rings is 2. The topological polar surface area (TPSA) is 90.1 Å². The molecule has 4 aromatic rings. The van der Waals surface area contributed by atoms with Gasteiger partial charge in [-0.3, -0.25) is 0 Å². The van der Waals surface area contributed by atoms with Crippen molar-refractivity contribution in [2.45, 2.75) is 19.0 Å². The number of nitrogens with one attached hydrogen (secondary N) is 1. The maximum atomic E-state index is 13.3. The predicted octanol–water partition coefficient (Wildman–Crippen LogP) is 3.50. The summed E-state index contributed by atoms with van der Waals surface area (Å²) in [6.07, 6.45) is 6.71. The summed E-state index contributed by atoms with van der Waals surface area (Å²) in [6, 6.07) is 14.7. The zero-order valence-corrected chi connectivity index (χ0v) is 19.1. The minimum Gasteiger partial charge on any atom is -0.496 e. The molecule has 0 aliphatic heterocycles. The van der Waals surface area contributed by atoms with Crippen LogP contribution in [0.4, 0.5) is 4.79 Å². The Morgan fingerprint density at radius 1 is 1.15 bits per heavy atom. The molecule has 0 saturated carbocycles. The zero-order chi connectivity index (χ0) is 23.4. The van der Waals surface area contributed by atoms with Gasteiger partial charge >= 0.3 is 6.03 Å². The Labute approximate surface area is 192 Å². The molecule has 170 valence electrons. The summed E-state index contributed by atoms with van der Waals surface area (Å²) in [5.41, 5.74) is 2.74. The first-order valence-electron chi connectivity index (χ1n) is 10.6. The highest BCUT2D eigenvalue weighted by Crippen LogP contribution is 2.30. The van der Waals surface area contributed by atoms with Gasteiger partial charge in [0, 0.05) is 32.1 Å². The molecule has 2 atom stereocenters. The van der Waals surface area contributed by atoms with Crippen molar-refractivity contribution in [1.82, 2.24) is 34.5 Å². The molecule has 0 aliphatic rings. The molecule has 2 amide bonds. The highest BCUT2D eigenvalue weighted by Gasteiger charge is 2.27. The van der Waals surface area contributed by atoms with E-state index in [0.717, 1.165) is 16.8 Å². The van der Waals surface area contributed by atoms with Gasteiger partial charge in [-0.2, -0.15) is 5.10 Å². The molecule has 9 nitrogen and oxygen atoms in total. The number of carbonyl (C=O) groups excluding carboxylic acids is 1. The minimum absolute atomic E-state index is 0.158. The zero-order valence-electron chi connectivity index (χ0n) is 19.1. The van der Waals surface area contributed by atoms with E-state index in [1.165, 1.54) is 6.33 Å². The molecule has 0 spiro atoms. The van der Waals surface area contributed by atoms with E-state index >= 15 is 0 Å². The van der Waals surface area contributed by atoms with Gasteiger partial charge in [-0.15, -0.1) is 0 Å². The second-order valence-electron chi connectivity index (χ2n) is 7.74. The Bertz CT molecular complexity index is 1200. The third kappa shape index (κ3) is 4.57. The first-order valence-corrected chi connectivity index (χ1v) is 10.6. The van der Waals surface area contributed by atoms with Crippen molar-refractivity contribution in [2.75, 3.05) is 14.2 Å². The summed E-state index contributed by atoms with van der Waals surface area (Å²) in [6.45, 7) is 1.99. The Hall–Kier alpha value is -4.14. The van der Waals surface area contributed by atoms with Crippen LogP contribution in [-0.2, 0) is 7.05 Å². The van der Waals surface area contributed by atoms with Crippen LogP contribution in [0.3, 0.4) is 0 Å². The van der Waals surface area contributed by atoms with Gasteiger partial charge in [0.25, 0.3) is 0 Å². The predicted molar refractivity (Wildman–Crippen MR) is 124 cm³/mol. The second kappa shape index (κ2) is 9.56. The second-order valence-corrected chi connectivity index (χ2v) is 7.74. The first kappa shape index (κ1) is 22.1. The normalized spacial score (nSPS) is 12.7. The van der Waals surface area contributed by atoms with E-state index in [4.69, 9.17) is 4.74 Å². The monoisotopic (exact) mass is 445 g/mol. The summed E-state index contributed by atoms with van der Waals surface area (Å²) >= 11 is 0. The number of hydrogen-bond donors (Lipinski definition) is 1. The number of methoxy groups -OCH3 is 1. The highest BCUT2D eigenvalue weighted by molar-refractivity contribution is 5.75. The van der Waals surface area contributed by atoms with Gasteiger partial charge in [-0.25, -0.2) is 19.4 Å². The lowest BCUT2D eigenvalue weighted by Gasteiger charge is -2.29. The van der Waals surface area contributed by atoms with Gasteiger partial charge in [-0.05, 0) is 30.7 Å². The van der Waals surface area contributed by atoms with Gasteiger partial charge < -0.3 is 19.5 Å². The molecule has 0 saturated heterocycles. The number of para-hydroxylation sites is 1. The molecule has 33 heavy (non-hydrogen) atoms. The van der Waals surface area contributed by atoms with Gasteiger partial charge in [0.15, 0.2) is 0 Å². The van der Waals surface area contributed by atoms with Crippen molar-refractivity contribution in [2.24, 2.45) is 7.05 Å². The third-order valence-electron chi connectivity index (χ3n) is 5.79. The summed E-state index contributed by atoms with van der Waals surface area (Å²) in [5, 5.41) is 7.28. The van der Waals surface area contributed by atoms with Crippen LogP contribution in [0.1, 0.15) is 36.0 Å². The number of rotatable bonds is 7. The van der Waals surface area contributed by atoms with Crippen LogP contribution in [0.2, 0.25) is 0 Å². The molecule has 0 radical (unpaired) electrons. The molecule has 4 rings (SSSR count). The van der Waals surface area contributed by atoms with Crippen molar-refractivity contribution >= 4 is 6.03 Å². The Morgan fingerprint density at radius 2 is 1.91 bits per heavy atom. The highest BCUT2D eigenvalue weighted by atomic mass is 16.5. The summed E-state index contributed by atoms with van der Waals surface area (Å²) < 4.78 is 9.13. The molecule has 0 bridgehead atoms. The van der Waals surface area contributed by atoms with Gasteiger partial charge in [0.2, 0.25) is 0 Å². The van der Waals surface area contributed by atoms with Crippen LogP contribution >= 0.6 is 0 Å². The average molecular weight is 446 g/mol. The van der Waals surface area contributed by atoms with E-state index in [1.54, 1.807) is 36.3 Å². The number of amides is 2. The first-order chi connectivity index (χ1) is 16.0. The van der Waals surface area contributed by atoms with Crippen LogP contribution in [-0.4, -0.2) is 49.4 Å². The molecular weight excluding hydrogens is 418 g/mol. The number of imidazole rings is 1. The van der Waals surface area contributed by atoms with Crippen LogP contribution in [0.5, 0.6) is 5.75 Å². The molecule has 1 N–H and O–H groups in total. The Morgan fingerprint density at radius 3 is 2.55 bits per heavy atom. The Kier molecular flexibility index (Phi) is 6.39. The van der Waals surface area contributed by atoms with Crippen molar-refractivity contribution in [1.29, 1.82) is 0 Å². The van der Waals surface area contributed by atoms with Crippen LogP contribution in [0.25, 0.3) is 5.69 Å². The Balaban J connectivity index is 1.55. The lowest BCUT2D eigenvalue weighted by Crippen LogP contribution is -2.41. The molecule has 0 aliphatic carbocycles. The molecule has 2 heterocycles. The third-order valence-corrected chi connectivity index (χ3v) is 5.79. The van der Waals surface area contributed by atoms with Crippen molar-refractivity contribution < 1.29 is 9.53 Å². The lowest BCUT2D eigenvalue weighted by atomic mass is 10.0. The molecule has 2 unspecified atom stereocenters. The smallest absolute Gasteiger partial charge is 0.318 e. The van der Waals surface area contributed by atoms with Crippen molar-refractivity contribution in [3.05, 3.63) is 90.5 Å². The molecule has 2 aromatic heterocycles. The minimum atomic E-state index is -0.474. The van der Waals surface area contributed by atoms with E-state index in [9.17, 15) is 4.79 Å². The number of aryl methyl sites for hydroxylation is 1. The van der Waals surface area contributed by atoms with E-state index in [0.29, 0.717) is 11.6 Å². The summed E-state index contributed by atoms with van der Waals surface area (Å²) in [5.74, 6) is 1.40. The summed E-state index contributed by atoms with van der Waals surface area (Å²) in [7, 11) is 5.30. The number of aromatic nitrogens is 5. The molecular formula is C24H27N7O2. The fraction of sp³-hybridized carbons (Fsp3) is 0.250. The van der Waals surface area contributed by atoms with Crippen molar-refractivity contribution in [3.63, 3.8) is 0 Å². The standard InChI is InChI=1S/C24H27N7O2/c1-17(18-9-11-19(12-10-18)31-16-25-15-27-31)30(3)24(32)28-22(23-26-13-14-29(23)2)20-7-5-6-8-21(20)33-4/h5-17,22H,1-4H3,(H,28,32). The van der Waals surface area contributed by atoms with E-state index in [2.05, 4.69) is 20.4 Å². The summed E-state index contributed by atoms with van der Waals surface area (Å²) in [4.78, 5) is 23.4. The fourth-order valence-electron chi connectivity index (χ4n) is 3.71. The van der Waals surface area contributed by atoms with E-state index < -0.39 is 6.04 Å². The van der Waals surface area contributed by atoms with Crippen LogP contribution in [0.15, 0.2) is 73.6 Å². The number of hydrogen-bond acceptors (Lipinski definition) is 5. The maximum absolute atomic E-state index is 13.3. The number of urea groups is 1. The van der Waals surface area contributed by atoms with Gasteiger partial charge in [-0.1, -0.05) is 30.3 Å². The number of nitrogens with zero attached hydrogens (tertiary/aromatic N) is 6. The lowest BCUT2D eigenvalue weighted by molar-refractivity contribution is 0.191. The van der Waals surface area contributed by atoms with Gasteiger partial charge in [0.1, 0.15) is 30.3 Å². The van der Waals surface area contributed by atoms with Gasteiger partial charge in [0.05, 0.1) is 18.8 Å².